The largest absolute Gasteiger partial charge is 0.486 e. The highest BCUT2D eigenvalue weighted by molar-refractivity contribution is 5.96. The molecule has 5 nitrogen and oxygen atoms in total. The van der Waals surface area contributed by atoms with Crippen LogP contribution in [0.15, 0.2) is 48.5 Å². The maximum Gasteiger partial charge on any atom is 0.404 e. The monoisotopic (exact) mass is 406 g/mol. The zero-order valence-corrected chi connectivity index (χ0v) is 15.7. The number of nitrogens with one attached hydrogen (secondary N) is 1. The second-order valence-electron chi connectivity index (χ2n) is 7.34. The van der Waals surface area contributed by atoms with Gasteiger partial charge in [-0.05, 0) is 30.7 Å². The Morgan fingerprint density at radius 2 is 1.79 bits per heavy atom. The lowest BCUT2D eigenvalue weighted by atomic mass is 9.85. The molecule has 8 heteroatoms. The van der Waals surface area contributed by atoms with Crippen molar-refractivity contribution in [2.45, 2.75) is 19.1 Å². The molecule has 2 aromatic rings. The van der Waals surface area contributed by atoms with Gasteiger partial charge in [0.15, 0.2) is 16.9 Å². The molecule has 0 radical (unpaired) electrons. The number of fused-ring (bicyclic) bond motifs is 1. The smallest absolute Gasteiger partial charge is 0.404 e. The number of benzene rings is 2. The molecular weight excluding hydrogens is 385 g/mol. The van der Waals surface area contributed by atoms with Crippen LogP contribution >= 0.6 is 0 Å². The Hall–Kier alpha value is -2.74. The summed E-state index contributed by atoms with van der Waals surface area (Å²) in [5.74, 6) is -0.126. The van der Waals surface area contributed by atoms with Gasteiger partial charge in [0, 0.05) is 24.8 Å². The van der Waals surface area contributed by atoms with Crippen LogP contribution in [-0.2, 0) is 11.3 Å². The lowest BCUT2D eigenvalue weighted by Gasteiger charge is -2.30. The number of amides is 1. The van der Waals surface area contributed by atoms with Gasteiger partial charge in [0.05, 0.1) is 0 Å². The van der Waals surface area contributed by atoms with E-state index < -0.39 is 17.5 Å². The molecule has 0 aliphatic carbocycles. The van der Waals surface area contributed by atoms with E-state index in [0.29, 0.717) is 31.3 Å². The van der Waals surface area contributed by atoms with Crippen molar-refractivity contribution >= 4 is 11.6 Å². The first-order chi connectivity index (χ1) is 13.9. The summed E-state index contributed by atoms with van der Waals surface area (Å²) < 4.78 is 52.9. The lowest BCUT2D eigenvalue weighted by molar-refractivity contribution is -0.215. The van der Waals surface area contributed by atoms with E-state index in [4.69, 9.17) is 9.47 Å². The Bertz CT molecular complexity index is 888. The number of carbonyl (C=O) groups excluding carboxylic acids is 1. The number of nitrogens with zero attached hydrogens (tertiary/aromatic N) is 1. The van der Waals surface area contributed by atoms with Crippen molar-refractivity contribution < 1.29 is 27.4 Å². The van der Waals surface area contributed by atoms with Crippen LogP contribution in [0.1, 0.15) is 12.0 Å². The molecule has 0 spiro atoms. The highest BCUT2D eigenvalue weighted by Gasteiger charge is 2.63. The maximum atomic E-state index is 14.0. The van der Waals surface area contributed by atoms with Crippen LogP contribution < -0.4 is 14.8 Å². The standard InChI is InChI=1S/C21H21F3N2O3/c22-21(23,24)20(8-9-26(14-20)13-15-4-2-1-3-5-15)19(27)25-16-6-7-17-18(12-16)29-11-10-28-17/h1-7,12H,8-11,13-14H2,(H,25,27)/t20-/m0/s1. The number of carbonyl (C=O) groups is 1. The first-order valence-electron chi connectivity index (χ1n) is 9.41. The summed E-state index contributed by atoms with van der Waals surface area (Å²) in [6.45, 7) is 0.958. The lowest BCUT2D eigenvalue weighted by Crippen LogP contribution is -2.49. The average molecular weight is 406 g/mol. The fraction of sp³-hybridized carbons (Fsp3) is 0.381. The summed E-state index contributed by atoms with van der Waals surface area (Å²) in [6.07, 6.45) is -4.93. The van der Waals surface area contributed by atoms with Gasteiger partial charge >= 0.3 is 6.18 Å². The van der Waals surface area contributed by atoms with Gasteiger partial charge in [-0.2, -0.15) is 13.2 Å². The number of rotatable bonds is 4. The predicted molar refractivity (Wildman–Crippen MR) is 101 cm³/mol. The molecule has 1 amide bonds. The molecule has 0 bridgehead atoms. The Kier molecular flexibility index (Phi) is 5.12. The van der Waals surface area contributed by atoms with E-state index >= 15 is 0 Å². The van der Waals surface area contributed by atoms with Crippen molar-refractivity contribution in [2.75, 3.05) is 31.6 Å². The summed E-state index contributed by atoms with van der Waals surface area (Å²) in [6, 6.07) is 13.9. The third-order valence-electron chi connectivity index (χ3n) is 5.37. The normalized spacial score (nSPS) is 21.8. The third-order valence-corrected chi connectivity index (χ3v) is 5.37. The minimum atomic E-state index is -4.66. The molecule has 1 saturated heterocycles. The number of alkyl halides is 3. The molecule has 4 rings (SSSR count). The van der Waals surface area contributed by atoms with Gasteiger partial charge in [-0.1, -0.05) is 30.3 Å². The van der Waals surface area contributed by atoms with E-state index in [1.807, 2.05) is 30.3 Å². The SMILES string of the molecule is O=C(Nc1ccc2c(c1)OCCO2)[C@]1(C(F)(F)F)CCN(Cc2ccccc2)C1. The van der Waals surface area contributed by atoms with Crippen LogP contribution in [0.5, 0.6) is 11.5 Å². The summed E-state index contributed by atoms with van der Waals surface area (Å²) in [5, 5.41) is 2.44. The van der Waals surface area contributed by atoms with Crippen LogP contribution in [0.4, 0.5) is 18.9 Å². The zero-order valence-electron chi connectivity index (χ0n) is 15.7. The van der Waals surface area contributed by atoms with Crippen LogP contribution in [0.25, 0.3) is 0 Å². The fourth-order valence-corrected chi connectivity index (χ4v) is 3.78. The van der Waals surface area contributed by atoms with Gasteiger partial charge in [0.2, 0.25) is 5.91 Å². The van der Waals surface area contributed by atoms with E-state index in [-0.39, 0.29) is 25.2 Å². The first-order valence-corrected chi connectivity index (χ1v) is 9.41. The molecule has 1 atom stereocenters. The molecule has 2 aliphatic rings. The third kappa shape index (κ3) is 3.89. The Labute approximate surface area is 166 Å². The number of hydrogen-bond donors (Lipinski definition) is 1. The molecular formula is C21H21F3N2O3. The van der Waals surface area contributed by atoms with Crippen LogP contribution in [-0.4, -0.2) is 43.3 Å². The molecule has 0 saturated carbocycles. The molecule has 154 valence electrons. The molecule has 1 fully saturated rings. The van der Waals surface area contributed by atoms with Crippen molar-refractivity contribution in [1.82, 2.24) is 4.90 Å². The quantitative estimate of drug-likeness (QED) is 0.838. The van der Waals surface area contributed by atoms with Crippen LogP contribution in [0, 0.1) is 5.41 Å². The highest BCUT2D eigenvalue weighted by Crippen LogP contribution is 2.47. The fourth-order valence-electron chi connectivity index (χ4n) is 3.78. The number of likely N-dealkylation sites (tertiary alicyclic amines) is 1. The van der Waals surface area contributed by atoms with Gasteiger partial charge < -0.3 is 14.8 Å². The molecule has 1 N–H and O–H groups in total. The minimum absolute atomic E-state index is 0.197. The summed E-state index contributed by atoms with van der Waals surface area (Å²) >= 11 is 0. The number of anilines is 1. The van der Waals surface area contributed by atoms with E-state index in [0.717, 1.165) is 5.56 Å². The van der Waals surface area contributed by atoms with Crippen LogP contribution in [0.3, 0.4) is 0 Å². The molecule has 29 heavy (non-hydrogen) atoms. The van der Waals surface area contributed by atoms with Crippen molar-refractivity contribution in [3.05, 3.63) is 54.1 Å². The van der Waals surface area contributed by atoms with Crippen molar-refractivity contribution in [1.29, 1.82) is 0 Å². The first kappa shape index (κ1) is 19.6. The summed E-state index contributed by atoms with van der Waals surface area (Å²) in [5.41, 5.74) is -1.28. The van der Waals surface area contributed by atoms with Gasteiger partial charge in [-0.15, -0.1) is 0 Å². The van der Waals surface area contributed by atoms with Gasteiger partial charge in [0.1, 0.15) is 13.2 Å². The Morgan fingerprint density at radius 3 is 2.52 bits per heavy atom. The van der Waals surface area contributed by atoms with E-state index in [9.17, 15) is 18.0 Å². The molecule has 2 aromatic carbocycles. The molecule has 0 unspecified atom stereocenters. The number of halogens is 3. The average Bonchev–Trinajstić information content (AvgIpc) is 3.14. The summed E-state index contributed by atoms with van der Waals surface area (Å²) in [7, 11) is 0. The van der Waals surface area contributed by atoms with Gasteiger partial charge in [-0.3, -0.25) is 9.69 Å². The Morgan fingerprint density at radius 1 is 1.07 bits per heavy atom. The van der Waals surface area contributed by atoms with Gasteiger partial charge in [0.25, 0.3) is 0 Å². The van der Waals surface area contributed by atoms with E-state index in [1.54, 1.807) is 11.0 Å². The maximum absolute atomic E-state index is 14.0. The zero-order chi connectivity index (χ0) is 20.5. The second kappa shape index (κ2) is 7.59. The van der Waals surface area contributed by atoms with Crippen molar-refractivity contribution in [3.63, 3.8) is 0 Å². The number of hydrogen-bond acceptors (Lipinski definition) is 4. The van der Waals surface area contributed by atoms with Crippen molar-refractivity contribution in [3.8, 4) is 11.5 Å². The van der Waals surface area contributed by atoms with E-state index in [2.05, 4.69) is 5.32 Å². The Balaban J connectivity index is 1.52. The second-order valence-corrected chi connectivity index (χ2v) is 7.34. The summed E-state index contributed by atoms with van der Waals surface area (Å²) in [4.78, 5) is 14.5. The predicted octanol–water partition coefficient (Wildman–Crippen LogP) is 3.85. The topological polar surface area (TPSA) is 50.8 Å². The van der Waals surface area contributed by atoms with Gasteiger partial charge in [-0.25, -0.2) is 0 Å². The highest BCUT2D eigenvalue weighted by atomic mass is 19.4. The molecule has 2 aliphatic heterocycles. The number of ether oxygens (including phenoxy) is 2. The van der Waals surface area contributed by atoms with Crippen molar-refractivity contribution in [2.24, 2.45) is 5.41 Å². The molecule has 2 heterocycles. The molecule has 0 aromatic heterocycles. The minimum Gasteiger partial charge on any atom is -0.486 e. The van der Waals surface area contributed by atoms with Crippen LogP contribution in [0.2, 0.25) is 0 Å². The van der Waals surface area contributed by atoms with E-state index in [1.165, 1.54) is 12.1 Å².